The molecule has 0 aromatic heterocycles. The number of ether oxygens (including phenoxy) is 1. The largest absolute Gasteiger partial charge is 0.379 e. The summed E-state index contributed by atoms with van der Waals surface area (Å²) in [4.78, 5) is 31.2. The van der Waals surface area contributed by atoms with E-state index < -0.39 is 0 Å². The van der Waals surface area contributed by atoms with Gasteiger partial charge >= 0.3 is 0 Å². The van der Waals surface area contributed by atoms with Crippen LogP contribution in [0.2, 0.25) is 0 Å². The van der Waals surface area contributed by atoms with Crippen LogP contribution in [0.25, 0.3) is 0 Å². The van der Waals surface area contributed by atoms with Gasteiger partial charge in [-0.15, -0.1) is 0 Å². The van der Waals surface area contributed by atoms with Crippen LogP contribution in [-0.4, -0.2) is 91.6 Å². The van der Waals surface area contributed by atoms with Crippen molar-refractivity contribution in [3.05, 3.63) is 35.9 Å². The first-order valence-electron chi connectivity index (χ1n) is 10.7. The summed E-state index contributed by atoms with van der Waals surface area (Å²) in [6.45, 7) is 9.17. The van der Waals surface area contributed by atoms with Gasteiger partial charge < -0.3 is 15.0 Å². The minimum Gasteiger partial charge on any atom is -0.379 e. The summed E-state index contributed by atoms with van der Waals surface area (Å²) in [6.07, 6.45) is 2.12. The van der Waals surface area contributed by atoms with Crippen LogP contribution in [0.3, 0.4) is 0 Å². The molecule has 160 valence electrons. The highest BCUT2D eigenvalue weighted by Crippen LogP contribution is 2.11. The van der Waals surface area contributed by atoms with Gasteiger partial charge in [-0.2, -0.15) is 0 Å². The van der Waals surface area contributed by atoms with Crippen LogP contribution in [-0.2, 0) is 20.9 Å². The Morgan fingerprint density at radius 3 is 2.48 bits per heavy atom. The number of nitrogens with zero attached hydrogens (tertiary/aromatic N) is 3. The molecule has 0 saturated carbocycles. The smallest absolute Gasteiger partial charge is 0.241 e. The maximum atomic E-state index is 12.6. The van der Waals surface area contributed by atoms with Crippen LogP contribution in [0.4, 0.5) is 0 Å². The molecule has 1 atom stereocenters. The zero-order valence-corrected chi connectivity index (χ0v) is 17.5. The fourth-order valence-electron chi connectivity index (χ4n) is 3.95. The lowest BCUT2D eigenvalue weighted by Crippen LogP contribution is -2.49. The molecule has 2 fully saturated rings. The molecule has 2 amide bonds. The molecular weight excluding hydrogens is 368 g/mol. The summed E-state index contributed by atoms with van der Waals surface area (Å²) in [5.41, 5.74) is 1.18. The van der Waals surface area contributed by atoms with Crippen LogP contribution in [0, 0.1) is 0 Å². The van der Waals surface area contributed by atoms with E-state index in [2.05, 4.69) is 34.2 Å². The fourth-order valence-corrected chi connectivity index (χ4v) is 3.95. The lowest BCUT2D eigenvalue weighted by Gasteiger charge is -2.34. The molecular formula is C22H34N4O3. The Morgan fingerprint density at radius 2 is 1.79 bits per heavy atom. The summed E-state index contributed by atoms with van der Waals surface area (Å²) in [5, 5.41) is 2.83. The van der Waals surface area contributed by atoms with E-state index in [1.54, 1.807) is 0 Å². The zero-order valence-electron chi connectivity index (χ0n) is 17.5. The molecule has 1 aromatic carbocycles. The minimum atomic E-state index is -0.0951. The highest BCUT2D eigenvalue weighted by Gasteiger charge is 2.23. The monoisotopic (exact) mass is 402 g/mol. The lowest BCUT2D eigenvalue weighted by atomic mass is 10.1. The quantitative estimate of drug-likeness (QED) is 0.666. The van der Waals surface area contributed by atoms with Gasteiger partial charge in [0.15, 0.2) is 0 Å². The van der Waals surface area contributed by atoms with Crippen molar-refractivity contribution >= 4 is 11.8 Å². The second-order valence-electron chi connectivity index (χ2n) is 8.02. The third-order valence-corrected chi connectivity index (χ3v) is 5.72. The van der Waals surface area contributed by atoms with Crippen LogP contribution in [0.5, 0.6) is 0 Å². The van der Waals surface area contributed by atoms with Crippen molar-refractivity contribution in [3.63, 3.8) is 0 Å². The third-order valence-electron chi connectivity index (χ3n) is 5.72. The standard InChI is InChI=1S/C22H34N4O3/c1-19(16-24-11-13-29-14-12-24)26(17-20-7-3-2-4-8-20)18-21(27)23-15-22(28)25-9-5-6-10-25/h2-4,7-8,19H,5-6,9-18H2,1H3,(H,23,27). The second kappa shape index (κ2) is 11.3. The number of nitrogens with one attached hydrogen (secondary N) is 1. The molecule has 7 nitrogen and oxygen atoms in total. The third kappa shape index (κ3) is 7.10. The summed E-state index contributed by atoms with van der Waals surface area (Å²) < 4.78 is 5.44. The molecule has 1 aromatic rings. The van der Waals surface area contributed by atoms with Gasteiger partial charge in [-0.25, -0.2) is 0 Å². The highest BCUT2D eigenvalue weighted by molar-refractivity contribution is 5.85. The normalized spacial score (nSPS) is 18.8. The van der Waals surface area contributed by atoms with Crippen LogP contribution < -0.4 is 5.32 Å². The van der Waals surface area contributed by atoms with Crippen molar-refractivity contribution < 1.29 is 14.3 Å². The number of morpholine rings is 1. The topological polar surface area (TPSA) is 65.1 Å². The molecule has 0 spiro atoms. The molecule has 1 N–H and O–H groups in total. The first-order valence-corrected chi connectivity index (χ1v) is 10.7. The Bertz CT molecular complexity index is 643. The minimum absolute atomic E-state index is 0.0202. The maximum absolute atomic E-state index is 12.6. The van der Waals surface area contributed by atoms with Crippen molar-refractivity contribution in [1.82, 2.24) is 20.0 Å². The lowest BCUT2D eigenvalue weighted by molar-refractivity contribution is -0.132. The Balaban J connectivity index is 1.54. The summed E-state index contributed by atoms with van der Waals surface area (Å²) in [7, 11) is 0. The van der Waals surface area contributed by atoms with Crippen molar-refractivity contribution in [2.75, 3.05) is 59.0 Å². The molecule has 0 aliphatic carbocycles. The second-order valence-corrected chi connectivity index (χ2v) is 8.02. The molecule has 2 aliphatic heterocycles. The van der Waals surface area contributed by atoms with Crippen LogP contribution in [0.1, 0.15) is 25.3 Å². The van der Waals surface area contributed by atoms with Crippen LogP contribution in [0.15, 0.2) is 30.3 Å². The molecule has 29 heavy (non-hydrogen) atoms. The average molecular weight is 403 g/mol. The molecule has 3 rings (SSSR count). The van der Waals surface area contributed by atoms with Crippen molar-refractivity contribution in [2.24, 2.45) is 0 Å². The SMILES string of the molecule is CC(CN1CCOCC1)N(CC(=O)NCC(=O)N1CCCC1)Cc1ccccc1. The average Bonchev–Trinajstić information content (AvgIpc) is 3.28. The van der Waals surface area contributed by atoms with E-state index >= 15 is 0 Å². The number of carbonyl (C=O) groups excluding carboxylic acids is 2. The predicted molar refractivity (Wildman–Crippen MR) is 112 cm³/mol. The highest BCUT2D eigenvalue weighted by atomic mass is 16.5. The Labute approximate surface area is 174 Å². The van der Waals surface area contributed by atoms with E-state index in [-0.39, 0.29) is 30.9 Å². The number of rotatable bonds is 9. The van der Waals surface area contributed by atoms with Gasteiger partial charge in [-0.1, -0.05) is 30.3 Å². The maximum Gasteiger partial charge on any atom is 0.241 e. The van der Waals surface area contributed by atoms with E-state index in [9.17, 15) is 9.59 Å². The van der Waals surface area contributed by atoms with E-state index in [1.165, 1.54) is 5.56 Å². The van der Waals surface area contributed by atoms with Gasteiger partial charge in [0, 0.05) is 45.3 Å². The number of carbonyl (C=O) groups is 2. The molecule has 2 aliphatic rings. The van der Waals surface area contributed by atoms with Gasteiger partial charge in [0.2, 0.25) is 11.8 Å². The first-order chi connectivity index (χ1) is 14.1. The number of hydrogen-bond donors (Lipinski definition) is 1. The van der Waals surface area contributed by atoms with E-state index in [4.69, 9.17) is 4.74 Å². The van der Waals surface area contributed by atoms with Gasteiger partial charge in [0.1, 0.15) is 0 Å². The molecule has 1 unspecified atom stereocenters. The molecule has 2 heterocycles. The molecule has 0 bridgehead atoms. The molecule has 0 radical (unpaired) electrons. The summed E-state index contributed by atoms with van der Waals surface area (Å²) in [5.74, 6) is -0.0749. The predicted octanol–water partition coefficient (Wildman–Crippen LogP) is 0.948. The summed E-state index contributed by atoms with van der Waals surface area (Å²) >= 11 is 0. The van der Waals surface area contributed by atoms with E-state index in [0.717, 1.165) is 58.8 Å². The number of hydrogen-bond acceptors (Lipinski definition) is 5. The first kappa shape index (κ1) is 21.7. The zero-order chi connectivity index (χ0) is 20.5. The Morgan fingerprint density at radius 1 is 1.10 bits per heavy atom. The number of likely N-dealkylation sites (tertiary alicyclic amines) is 1. The number of amides is 2. The van der Waals surface area contributed by atoms with Crippen molar-refractivity contribution in [3.8, 4) is 0 Å². The van der Waals surface area contributed by atoms with Gasteiger partial charge in [0.05, 0.1) is 26.3 Å². The summed E-state index contributed by atoms with van der Waals surface area (Å²) in [6, 6.07) is 10.4. The van der Waals surface area contributed by atoms with Gasteiger partial charge in [-0.3, -0.25) is 19.4 Å². The van der Waals surface area contributed by atoms with Crippen molar-refractivity contribution in [1.29, 1.82) is 0 Å². The van der Waals surface area contributed by atoms with Crippen molar-refractivity contribution in [2.45, 2.75) is 32.4 Å². The van der Waals surface area contributed by atoms with Gasteiger partial charge in [0.25, 0.3) is 0 Å². The van der Waals surface area contributed by atoms with Crippen LogP contribution >= 0.6 is 0 Å². The number of benzene rings is 1. The van der Waals surface area contributed by atoms with E-state index in [1.807, 2.05) is 23.1 Å². The molecule has 7 heteroatoms. The molecule has 2 saturated heterocycles. The van der Waals surface area contributed by atoms with Gasteiger partial charge in [-0.05, 0) is 25.3 Å². The van der Waals surface area contributed by atoms with E-state index in [0.29, 0.717) is 6.54 Å². The Hall–Kier alpha value is -1.96. The fraction of sp³-hybridized carbons (Fsp3) is 0.636. The Kier molecular flexibility index (Phi) is 8.46.